The molecule has 43 heavy (non-hydrogen) atoms. The minimum absolute atomic E-state index is 0.0929. The second kappa shape index (κ2) is 13.2. The Kier molecular flexibility index (Phi) is 9.98. The Bertz CT molecular complexity index is 1550. The molecule has 0 bridgehead atoms. The molecule has 0 spiro atoms. The van der Waals surface area contributed by atoms with E-state index in [4.69, 9.17) is 0 Å². The number of rotatable bonds is 10. The molecule has 3 aromatic carbocycles. The smallest absolute Gasteiger partial charge is 0.349 e. The van der Waals surface area contributed by atoms with Gasteiger partial charge in [-0.1, -0.05) is 63.2 Å². The van der Waals surface area contributed by atoms with Gasteiger partial charge in [0.25, 0.3) is 0 Å². The molecule has 11 heteroatoms. The van der Waals surface area contributed by atoms with Gasteiger partial charge < -0.3 is 10.6 Å². The van der Waals surface area contributed by atoms with Crippen LogP contribution < -0.4 is 15.4 Å². The maximum atomic E-state index is 14.8. The summed E-state index contributed by atoms with van der Waals surface area (Å²) in [5.41, 5.74) is 2.17. The summed E-state index contributed by atoms with van der Waals surface area (Å²) in [5.74, 6) is -1.27. The highest BCUT2D eigenvalue weighted by molar-refractivity contribution is 7.89. The van der Waals surface area contributed by atoms with E-state index < -0.39 is 50.8 Å². The van der Waals surface area contributed by atoms with Crippen LogP contribution in [0, 0.1) is 11.2 Å². The van der Waals surface area contributed by atoms with Crippen LogP contribution in [0.5, 0.6) is 0 Å². The fourth-order valence-corrected chi connectivity index (χ4v) is 6.48. The molecule has 232 valence electrons. The minimum atomic E-state index is -4.75. The van der Waals surface area contributed by atoms with E-state index in [1.54, 1.807) is 0 Å². The number of nitrogens with one attached hydrogen (secondary N) is 3. The molecule has 0 aliphatic heterocycles. The summed E-state index contributed by atoms with van der Waals surface area (Å²) in [7, 11) is -4.56. The number of hydrogen-bond donors (Lipinski definition) is 3. The van der Waals surface area contributed by atoms with Crippen LogP contribution in [0.4, 0.5) is 17.6 Å². The molecule has 0 heterocycles. The zero-order valence-corrected chi connectivity index (χ0v) is 25.2. The third kappa shape index (κ3) is 8.87. The van der Waals surface area contributed by atoms with Crippen LogP contribution >= 0.6 is 0 Å². The van der Waals surface area contributed by atoms with Crippen LogP contribution in [0.3, 0.4) is 0 Å². The van der Waals surface area contributed by atoms with Gasteiger partial charge in [0.15, 0.2) is 0 Å². The number of alkyl halides is 3. The van der Waals surface area contributed by atoms with Gasteiger partial charge in [0.05, 0.1) is 22.5 Å². The number of halogens is 4. The number of fused-ring (bicyclic) bond motifs is 1. The van der Waals surface area contributed by atoms with E-state index in [0.29, 0.717) is 12.5 Å². The maximum Gasteiger partial charge on any atom is 0.416 e. The van der Waals surface area contributed by atoms with Crippen molar-refractivity contribution in [3.63, 3.8) is 0 Å². The van der Waals surface area contributed by atoms with Crippen LogP contribution in [0.2, 0.25) is 0 Å². The molecule has 2 atom stereocenters. The lowest BCUT2D eigenvalue weighted by molar-refractivity contribution is -0.137. The predicted molar refractivity (Wildman–Crippen MR) is 157 cm³/mol. The zero-order chi connectivity index (χ0) is 31.4. The Morgan fingerprint density at radius 2 is 1.74 bits per heavy atom. The molecule has 1 amide bonds. The van der Waals surface area contributed by atoms with Gasteiger partial charge in [-0.3, -0.25) is 4.79 Å². The topological polar surface area (TPSA) is 87.3 Å². The summed E-state index contributed by atoms with van der Waals surface area (Å²) in [6, 6.07) is 13.1. The molecule has 0 saturated carbocycles. The van der Waals surface area contributed by atoms with Crippen molar-refractivity contribution >= 4 is 15.9 Å². The maximum absolute atomic E-state index is 14.8. The number of carbonyl (C=O) groups excluding carboxylic acids is 1. The monoisotopic (exact) mass is 619 g/mol. The van der Waals surface area contributed by atoms with Gasteiger partial charge in [-0.25, -0.2) is 17.5 Å². The summed E-state index contributed by atoms with van der Waals surface area (Å²) in [6.07, 6.45) is -2.82. The van der Waals surface area contributed by atoms with Crippen LogP contribution in [-0.4, -0.2) is 20.9 Å². The molecule has 0 unspecified atom stereocenters. The van der Waals surface area contributed by atoms with E-state index in [9.17, 15) is 30.8 Å². The first-order valence-electron chi connectivity index (χ1n) is 14.2. The number of hydrogen-bond acceptors (Lipinski definition) is 4. The van der Waals surface area contributed by atoms with Gasteiger partial charge in [-0.15, -0.1) is 0 Å². The van der Waals surface area contributed by atoms with Crippen molar-refractivity contribution in [2.24, 2.45) is 5.41 Å². The van der Waals surface area contributed by atoms with Crippen molar-refractivity contribution in [3.05, 3.63) is 100 Å². The molecular weight excluding hydrogens is 582 g/mol. The van der Waals surface area contributed by atoms with E-state index in [0.717, 1.165) is 66.9 Å². The van der Waals surface area contributed by atoms with Crippen molar-refractivity contribution in [2.45, 2.75) is 76.2 Å². The highest BCUT2D eigenvalue weighted by Gasteiger charge is 2.33. The van der Waals surface area contributed by atoms with Crippen LogP contribution in [0.1, 0.15) is 79.9 Å². The fraction of sp³-hybridized carbons (Fsp3) is 0.406. The molecule has 0 saturated heterocycles. The summed E-state index contributed by atoms with van der Waals surface area (Å²) in [4.78, 5) is 12.7. The standard InChI is InChI=1S/C32H37F4N3O3S/c1-31(2,3)20-37-19-21-14-15-25-22(16-21)8-6-13-28(25)38-30(40)18-29(26-11-4-5-12-27(26)33)39-43(41,42)24-10-7-9-23(17-24)32(34,35)36/h4-5,7,9-12,14-17,28-29,37,39H,6,8,13,18-20H2,1-3H3,(H,38,40)/t28-,29+/m1/s1. The molecular formula is C32H37F4N3O3S. The van der Waals surface area contributed by atoms with E-state index in [1.165, 1.54) is 18.2 Å². The molecule has 4 rings (SSSR count). The summed E-state index contributed by atoms with van der Waals surface area (Å²) in [6.45, 7) is 8.06. The van der Waals surface area contributed by atoms with Crippen molar-refractivity contribution in [2.75, 3.05) is 6.54 Å². The Morgan fingerprint density at radius 3 is 2.44 bits per heavy atom. The van der Waals surface area contributed by atoms with Gasteiger partial charge in [0.2, 0.25) is 15.9 Å². The summed E-state index contributed by atoms with van der Waals surface area (Å²) in [5, 5.41) is 6.43. The SMILES string of the molecule is CC(C)(C)CNCc1ccc2c(c1)CCC[C@H]2NC(=O)C[C@H](NS(=O)(=O)c1cccc(C(F)(F)F)c1)c1ccccc1F. The second-order valence-corrected chi connectivity index (χ2v) is 13.8. The van der Waals surface area contributed by atoms with Crippen molar-refractivity contribution in [1.29, 1.82) is 0 Å². The van der Waals surface area contributed by atoms with Crippen LogP contribution in [0.25, 0.3) is 0 Å². The Labute approximate surface area is 250 Å². The Balaban J connectivity index is 1.52. The normalized spacial score (nSPS) is 16.4. The zero-order valence-electron chi connectivity index (χ0n) is 24.4. The quantitative estimate of drug-likeness (QED) is 0.224. The molecule has 1 aliphatic rings. The van der Waals surface area contributed by atoms with E-state index in [-0.39, 0.29) is 17.0 Å². The number of carbonyl (C=O) groups is 1. The molecule has 0 fully saturated rings. The third-order valence-corrected chi connectivity index (χ3v) is 8.75. The summed E-state index contributed by atoms with van der Waals surface area (Å²) < 4.78 is 83.1. The first-order valence-corrected chi connectivity index (χ1v) is 15.7. The van der Waals surface area contributed by atoms with Gasteiger partial charge >= 0.3 is 6.18 Å². The number of sulfonamides is 1. The molecule has 0 radical (unpaired) electrons. The average Bonchev–Trinajstić information content (AvgIpc) is 2.92. The minimum Gasteiger partial charge on any atom is -0.349 e. The highest BCUT2D eigenvalue weighted by atomic mass is 32.2. The van der Waals surface area contributed by atoms with E-state index in [2.05, 4.69) is 42.2 Å². The molecule has 3 aromatic rings. The van der Waals surface area contributed by atoms with Crippen molar-refractivity contribution in [1.82, 2.24) is 15.4 Å². The predicted octanol–water partition coefficient (Wildman–Crippen LogP) is 6.58. The van der Waals surface area contributed by atoms with Crippen LogP contribution in [0.15, 0.2) is 71.6 Å². The lowest BCUT2D eigenvalue weighted by Gasteiger charge is -2.28. The van der Waals surface area contributed by atoms with E-state index in [1.807, 2.05) is 12.1 Å². The van der Waals surface area contributed by atoms with Crippen molar-refractivity contribution < 1.29 is 30.8 Å². The lowest BCUT2D eigenvalue weighted by atomic mass is 9.86. The lowest BCUT2D eigenvalue weighted by Crippen LogP contribution is -2.36. The van der Waals surface area contributed by atoms with Gasteiger partial charge in [-0.2, -0.15) is 13.2 Å². The van der Waals surface area contributed by atoms with Gasteiger partial charge in [0.1, 0.15) is 5.82 Å². The molecule has 0 aromatic heterocycles. The summed E-state index contributed by atoms with van der Waals surface area (Å²) >= 11 is 0. The first-order chi connectivity index (χ1) is 20.1. The molecule has 6 nitrogen and oxygen atoms in total. The Morgan fingerprint density at radius 1 is 1.00 bits per heavy atom. The fourth-order valence-electron chi connectivity index (χ4n) is 5.22. The molecule has 3 N–H and O–H groups in total. The number of aryl methyl sites for hydroxylation is 1. The van der Waals surface area contributed by atoms with Gasteiger partial charge in [0, 0.05) is 25.1 Å². The van der Waals surface area contributed by atoms with E-state index >= 15 is 0 Å². The average molecular weight is 620 g/mol. The Hall–Kier alpha value is -3.28. The number of benzene rings is 3. The highest BCUT2D eigenvalue weighted by Crippen LogP contribution is 2.33. The van der Waals surface area contributed by atoms with Crippen LogP contribution in [-0.2, 0) is 34.0 Å². The second-order valence-electron chi connectivity index (χ2n) is 12.1. The largest absolute Gasteiger partial charge is 0.416 e. The third-order valence-electron chi connectivity index (χ3n) is 7.28. The van der Waals surface area contributed by atoms with Crippen molar-refractivity contribution in [3.8, 4) is 0 Å². The van der Waals surface area contributed by atoms with Gasteiger partial charge in [-0.05, 0) is 65.6 Å². The molecule has 1 aliphatic carbocycles. The first kappa shape index (κ1) is 32.6. The number of amides is 1.